The number of nitrogens with one attached hydrogen (secondary N) is 1. The fourth-order valence-corrected chi connectivity index (χ4v) is 3.19. The lowest BCUT2D eigenvalue weighted by Crippen LogP contribution is -2.07. The van der Waals surface area contributed by atoms with Crippen LogP contribution in [0.2, 0.25) is 0 Å². The van der Waals surface area contributed by atoms with Crippen molar-refractivity contribution in [2.75, 3.05) is 5.32 Å². The Hall–Kier alpha value is -3.20. The first kappa shape index (κ1) is 16.3. The molecule has 1 amide bonds. The van der Waals surface area contributed by atoms with E-state index in [9.17, 15) is 4.79 Å². The Labute approximate surface area is 152 Å². The van der Waals surface area contributed by atoms with E-state index in [1.807, 2.05) is 36.4 Å². The molecule has 130 valence electrons. The van der Waals surface area contributed by atoms with E-state index < -0.39 is 0 Å². The summed E-state index contributed by atoms with van der Waals surface area (Å²) < 4.78 is 7.33. The molecule has 0 unspecified atom stereocenters. The summed E-state index contributed by atoms with van der Waals surface area (Å²) in [6, 6.07) is 14.9. The number of hydrogen-bond acceptors (Lipinski definition) is 7. The third-order valence-corrected chi connectivity index (χ3v) is 4.42. The van der Waals surface area contributed by atoms with Gasteiger partial charge < -0.3 is 9.73 Å². The molecule has 0 atom stereocenters. The quantitative estimate of drug-likeness (QED) is 0.542. The van der Waals surface area contributed by atoms with E-state index in [1.54, 1.807) is 16.8 Å². The number of benzene rings is 2. The van der Waals surface area contributed by atoms with Gasteiger partial charge in [-0.25, -0.2) is 4.98 Å². The van der Waals surface area contributed by atoms with Gasteiger partial charge in [0.1, 0.15) is 5.52 Å². The number of para-hydroxylation sites is 2. The smallest absolute Gasteiger partial charge is 0.221 e. The Morgan fingerprint density at radius 2 is 2.12 bits per heavy atom. The predicted molar refractivity (Wildman–Crippen MR) is 97.0 cm³/mol. The summed E-state index contributed by atoms with van der Waals surface area (Å²) >= 11 is 1.42. The number of thioether (sulfide) groups is 1. The average molecular weight is 366 g/mol. The van der Waals surface area contributed by atoms with Gasteiger partial charge in [-0.3, -0.25) is 4.79 Å². The van der Waals surface area contributed by atoms with Crippen LogP contribution < -0.4 is 5.32 Å². The molecule has 1 N–H and O–H groups in total. The molecule has 0 saturated carbocycles. The first-order valence-electron chi connectivity index (χ1n) is 7.83. The van der Waals surface area contributed by atoms with Gasteiger partial charge in [0.25, 0.3) is 0 Å². The van der Waals surface area contributed by atoms with Gasteiger partial charge in [0.2, 0.25) is 17.0 Å². The molecule has 0 bridgehead atoms. The van der Waals surface area contributed by atoms with Crippen molar-refractivity contribution in [3.63, 3.8) is 0 Å². The monoisotopic (exact) mass is 366 g/mol. The van der Waals surface area contributed by atoms with Crippen molar-refractivity contribution in [1.82, 2.24) is 25.2 Å². The minimum atomic E-state index is -0.135. The van der Waals surface area contributed by atoms with E-state index in [2.05, 4.69) is 25.8 Å². The van der Waals surface area contributed by atoms with E-state index in [1.165, 1.54) is 18.7 Å². The number of oxazole rings is 1. The Morgan fingerprint density at radius 3 is 2.96 bits per heavy atom. The van der Waals surface area contributed by atoms with Crippen molar-refractivity contribution in [2.45, 2.75) is 17.8 Å². The molecule has 2 aromatic carbocycles. The van der Waals surface area contributed by atoms with Crippen LogP contribution in [0.3, 0.4) is 0 Å². The molecular weight excluding hydrogens is 352 g/mol. The van der Waals surface area contributed by atoms with Crippen molar-refractivity contribution in [1.29, 1.82) is 0 Å². The topological polar surface area (TPSA) is 98.7 Å². The molecule has 0 aliphatic heterocycles. The normalized spacial score (nSPS) is 11.0. The molecule has 0 saturated heterocycles. The number of carbonyl (C=O) groups is 1. The maximum absolute atomic E-state index is 11.2. The molecule has 2 heterocycles. The fraction of sp³-hybridized carbons (Fsp3) is 0.118. The summed E-state index contributed by atoms with van der Waals surface area (Å²) in [5.74, 6) is 0.975. The molecular formula is C17H14N6O2S. The number of amides is 1. The van der Waals surface area contributed by atoms with Gasteiger partial charge in [0, 0.05) is 12.6 Å². The van der Waals surface area contributed by atoms with Crippen LogP contribution >= 0.6 is 11.8 Å². The molecule has 0 aliphatic rings. The van der Waals surface area contributed by atoms with Crippen LogP contribution in [-0.4, -0.2) is 31.1 Å². The molecule has 4 rings (SSSR count). The van der Waals surface area contributed by atoms with E-state index in [4.69, 9.17) is 4.42 Å². The van der Waals surface area contributed by atoms with Crippen LogP contribution in [-0.2, 0) is 10.5 Å². The summed E-state index contributed by atoms with van der Waals surface area (Å²) in [6.07, 6.45) is 0. The number of hydrogen-bond donors (Lipinski definition) is 1. The van der Waals surface area contributed by atoms with Crippen molar-refractivity contribution in [2.24, 2.45) is 0 Å². The fourth-order valence-electron chi connectivity index (χ4n) is 2.46. The maximum atomic E-state index is 11.2. The highest BCUT2D eigenvalue weighted by Gasteiger charge is 2.12. The Kier molecular flexibility index (Phi) is 4.36. The lowest BCUT2D eigenvalue weighted by atomic mass is 10.3. The highest BCUT2D eigenvalue weighted by Crippen LogP contribution is 2.25. The summed E-state index contributed by atoms with van der Waals surface area (Å²) in [6.45, 7) is 1.46. The van der Waals surface area contributed by atoms with Gasteiger partial charge in [0.05, 0.1) is 11.4 Å². The minimum absolute atomic E-state index is 0.135. The van der Waals surface area contributed by atoms with Gasteiger partial charge in [-0.05, 0) is 40.8 Å². The summed E-state index contributed by atoms with van der Waals surface area (Å²) in [5, 5.41) is 15.2. The highest BCUT2D eigenvalue weighted by molar-refractivity contribution is 7.98. The lowest BCUT2D eigenvalue weighted by molar-refractivity contribution is -0.114. The second-order valence-electron chi connectivity index (χ2n) is 5.47. The van der Waals surface area contributed by atoms with E-state index in [-0.39, 0.29) is 5.91 Å². The molecule has 2 aromatic heterocycles. The van der Waals surface area contributed by atoms with E-state index in [0.717, 1.165) is 16.8 Å². The number of rotatable bonds is 5. The van der Waals surface area contributed by atoms with Gasteiger partial charge in [-0.2, -0.15) is 4.68 Å². The molecule has 8 nitrogen and oxygen atoms in total. The zero-order valence-corrected chi connectivity index (χ0v) is 14.6. The van der Waals surface area contributed by atoms with Crippen molar-refractivity contribution >= 4 is 34.5 Å². The molecule has 0 radical (unpaired) electrons. The number of aromatic nitrogens is 5. The Bertz CT molecular complexity index is 1040. The second kappa shape index (κ2) is 6.96. The Balaban J connectivity index is 1.54. The number of tetrazole rings is 1. The SMILES string of the molecule is CC(=O)Nc1cccc(-n2nnnc2SCc2nc3ccccc3o2)c1. The van der Waals surface area contributed by atoms with Gasteiger partial charge in [-0.15, -0.1) is 5.10 Å². The first-order chi connectivity index (χ1) is 12.7. The molecule has 0 spiro atoms. The van der Waals surface area contributed by atoms with Crippen molar-refractivity contribution in [3.05, 3.63) is 54.4 Å². The third kappa shape index (κ3) is 3.42. The van der Waals surface area contributed by atoms with E-state index >= 15 is 0 Å². The first-order valence-corrected chi connectivity index (χ1v) is 8.81. The molecule has 9 heteroatoms. The standard InChI is InChI=1S/C17H14N6O2S/c1-11(24)18-12-5-4-6-13(9-12)23-17(20-21-22-23)26-10-16-19-14-7-2-3-8-15(14)25-16/h2-9H,10H2,1H3,(H,18,24). The average Bonchev–Trinajstić information content (AvgIpc) is 3.26. The number of nitrogens with zero attached hydrogens (tertiary/aromatic N) is 5. The summed E-state index contributed by atoms with van der Waals surface area (Å²) in [4.78, 5) is 15.7. The van der Waals surface area contributed by atoms with Crippen molar-refractivity contribution in [3.8, 4) is 5.69 Å². The lowest BCUT2D eigenvalue weighted by Gasteiger charge is -2.06. The molecule has 26 heavy (non-hydrogen) atoms. The van der Waals surface area contributed by atoms with Crippen LogP contribution in [0.25, 0.3) is 16.8 Å². The van der Waals surface area contributed by atoms with Gasteiger partial charge in [-0.1, -0.05) is 30.0 Å². The summed E-state index contributed by atoms with van der Waals surface area (Å²) in [5.41, 5.74) is 3.01. The molecule has 0 aliphatic carbocycles. The summed E-state index contributed by atoms with van der Waals surface area (Å²) in [7, 11) is 0. The Morgan fingerprint density at radius 1 is 1.23 bits per heavy atom. The van der Waals surface area contributed by atoms with Gasteiger partial charge in [0.15, 0.2) is 5.58 Å². The zero-order valence-electron chi connectivity index (χ0n) is 13.8. The van der Waals surface area contributed by atoms with Gasteiger partial charge >= 0.3 is 0 Å². The van der Waals surface area contributed by atoms with Crippen LogP contribution in [0.4, 0.5) is 5.69 Å². The highest BCUT2D eigenvalue weighted by atomic mass is 32.2. The van der Waals surface area contributed by atoms with Crippen LogP contribution in [0.5, 0.6) is 0 Å². The predicted octanol–water partition coefficient (Wildman–Crippen LogP) is 3.05. The molecule has 0 fully saturated rings. The van der Waals surface area contributed by atoms with Crippen molar-refractivity contribution < 1.29 is 9.21 Å². The third-order valence-electron chi connectivity index (χ3n) is 3.51. The van der Waals surface area contributed by atoms with Crippen LogP contribution in [0.15, 0.2) is 58.1 Å². The van der Waals surface area contributed by atoms with Crippen LogP contribution in [0.1, 0.15) is 12.8 Å². The number of fused-ring (bicyclic) bond motifs is 1. The second-order valence-corrected chi connectivity index (χ2v) is 6.41. The number of carbonyl (C=O) groups excluding carboxylic acids is 1. The minimum Gasteiger partial charge on any atom is -0.440 e. The zero-order chi connectivity index (χ0) is 17.9. The maximum Gasteiger partial charge on any atom is 0.221 e. The molecule has 4 aromatic rings. The number of anilines is 1. The van der Waals surface area contributed by atoms with Crippen LogP contribution in [0, 0.1) is 0 Å². The van der Waals surface area contributed by atoms with E-state index in [0.29, 0.717) is 22.5 Å². The largest absolute Gasteiger partial charge is 0.440 e.